The summed E-state index contributed by atoms with van der Waals surface area (Å²) in [5.74, 6) is -2.45. The number of nitrogens with zero attached hydrogens (tertiary/aromatic N) is 3. The smallest absolute Gasteiger partial charge is 0.278 e. The average molecular weight is 472 g/mol. The largest absolute Gasteiger partial charge is 0.502 e. The summed E-state index contributed by atoms with van der Waals surface area (Å²) in [5.41, 5.74) is -2.10. The Labute approximate surface area is 194 Å². The minimum Gasteiger partial charge on any atom is -0.502 e. The van der Waals surface area contributed by atoms with E-state index in [-0.39, 0.29) is 29.3 Å². The van der Waals surface area contributed by atoms with Crippen LogP contribution in [-0.2, 0) is 6.54 Å². The molecule has 5 rings (SSSR count). The number of amides is 2. The summed E-state index contributed by atoms with van der Waals surface area (Å²) >= 11 is 0. The van der Waals surface area contributed by atoms with E-state index in [1.807, 2.05) is 11.9 Å². The van der Waals surface area contributed by atoms with Crippen LogP contribution in [0.2, 0.25) is 0 Å². The SMILES string of the molecule is CCN1C(=O)c2c(O)c(=O)c(C(=O)NCc3ccc(F)cc3F)cn2N(C)C12CCC1C2[C@H]1C. The van der Waals surface area contributed by atoms with Crippen molar-refractivity contribution in [3.8, 4) is 5.75 Å². The van der Waals surface area contributed by atoms with Crippen LogP contribution in [0.1, 0.15) is 53.1 Å². The number of pyridine rings is 1. The van der Waals surface area contributed by atoms with Crippen LogP contribution in [0.5, 0.6) is 5.75 Å². The lowest BCUT2D eigenvalue weighted by Crippen LogP contribution is -2.70. The van der Waals surface area contributed by atoms with Crippen molar-refractivity contribution in [2.24, 2.45) is 17.8 Å². The second-order valence-electron chi connectivity index (χ2n) is 9.37. The Hall–Kier alpha value is -3.43. The molecule has 8 nitrogen and oxygen atoms in total. The molecule has 10 heteroatoms. The minimum atomic E-state index is -0.985. The number of fused-ring (bicyclic) bond motifs is 3. The first-order valence-electron chi connectivity index (χ1n) is 11.4. The van der Waals surface area contributed by atoms with E-state index in [1.165, 1.54) is 16.9 Å². The molecule has 2 aliphatic carbocycles. The van der Waals surface area contributed by atoms with Gasteiger partial charge in [-0.05, 0) is 37.7 Å². The number of rotatable bonds is 4. The maximum atomic E-state index is 13.9. The van der Waals surface area contributed by atoms with Gasteiger partial charge in [-0.1, -0.05) is 13.0 Å². The van der Waals surface area contributed by atoms with Gasteiger partial charge in [-0.25, -0.2) is 8.78 Å². The Morgan fingerprint density at radius 1 is 1.29 bits per heavy atom. The van der Waals surface area contributed by atoms with Gasteiger partial charge >= 0.3 is 0 Å². The summed E-state index contributed by atoms with van der Waals surface area (Å²) in [6.45, 7) is 4.16. The quantitative estimate of drug-likeness (QED) is 0.712. The lowest BCUT2D eigenvalue weighted by atomic mass is 9.95. The third-order valence-electron chi connectivity index (χ3n) is 7.92. The Bertz CT molecular complexity index is 1280. The van der Waals surface area contributed by atoms with Crippen molar-refractivity contribution in [2.75, 3.05) is 18.6 Å². The molecule has 1 spiro atoms. The first-order chi connectivity index (χ1) is 16.1. The van der Waals surface area contributed by atoms with Gasteiger partial charge in [-0.15, -0.1) is 0 Å². The first-order valence-corrected chi connectivity index (χ1v) is 11.4. The lowest BCUT2D eigenvalue weighted by Gasteiger charge is -2.54. The van der Waals surface area contributed by atoms with E-state index in [0.717, 1.165) is 18.9 Å². The molecule has 2 heterocycles. The topological polar surface area (TPSA) is 94.9 Å². The molecule has 3 aliphatic rings. The van der Waals surface area contributed by atoms with E-state index < -0.39 is 40.3 Å². The fraction of sp³-hybridized carbons (Fsp3) is 0.458. The number of hydrogen-bond acceptors (Lipinski definition) is 5. The van der Waals surface area contributed by atoms with Crippen LogP contribution >= 0.6 is 0 Å². The van der Waals surface area contributed by atoms with Gasteiger partial charge in [-0.2, -0.15) is 0 Å². The molecule has 2 saturated carbocycles. The Balaban J connectivity index is 1.53. The molecule has 180 valence electrons. The third kappa shape index (κ3) is 2.90. The van der Waals surface area contributed by atoms with Gasteiger partial charge in [0, 0.05) is 43.9 Å². The third-order valence-corrected chi connectivity index (χ3v) is 7.92. The number of aromatic hydroxyl groups is 1. The van der Waals surface area contributed by atoms with Crippen molar-refractivity contribution >= 4 is 11.8 Å². The van der Waals surface area contributed by atoms with Crippen LogP contribution in [0.4, 0.5) is 8.78 Å². The summed E-state index contributed by atoms with van der Waals surface area (Å²) < 4.78 is 28.5. The van der Waals surface area contributed by atoms with Gasteiger partial charge in [0.15, 0.2) is 11.4 Å². The van der Waals surface area contributed by atoms with Crippen LogP contribution in [0.25, 0.3) is 0 Å². The lowest BCUT2D eigenvalue weighted by molar-refractivity contribution is 0.0213. The summed E-state index contributed by atoms with van der Waals surface area (Å²) in [7, 11) is 1.80. The highest BCUT2D eigenvalue weighted by Gasteiger charge is 2.69. The molecular formula is C24H26F2N4O4. The molecule has 0 saturated heterocycles. The predicted octanol–water partition coefficient (Wildman–Crippen LogP) is 2.18. The van der Waals surface area contributed by atoms with Gasteiger partial charge < -0.3 is 15.3 Å². The summed E-state index contributed by atoms with van der Waals surface area (Å²) in [6, 6.07) is 2.97. The molecule has 2 fully saturated rings. The molecule has 3 unspecified atom stereocenters. The molecule has 2 N–H and O–H groups in total. The van der Waals surface area contributed by atoms with Crippen molar-refractivity contribution in [2.45, 2.75) is 38.9 Å². The van der Waals surface area contributed by atoms with Gasteiger partial charge in [0.05, 0.1) is 0 Å². The number of halogens is 2. The minimum absolute atomic E-state index is 0.0431. The van der Waals surface area contributed by atoms with E-state index in [9.17, 15) is 28.3 Å². The average Bonchev–Trinajstić information content (AvgIpc) is 3.27. The maximum Gasteiger partial charge on any atom is 0.278 e. The van der Waals surface area contributed by atoms with Crippen LogP contribution in [0.3, 0.4) is 0 Å². The summed E-state index contributed by atoms with van der Waals surface area (Å²) in [6.07, 6.45) is 2.99. The second kappa shape index (κ2) is 7.54. The molecule has 2 aromatic rings. The van der Waals surface area contributed by atoms with Crippen LogP contribution in [0, 0.1) is 29.4 Å². The Morgan fingerprint density at radius 2 is 2.03 bits per heavy atom. The van der Waals surface area contributed by atoms with Crippen LogP contribution in [0.15, 0.2) is 29.2 Å². The van der Waals surface area contributed by atoms with Gasteiger partial charge in [-0.3, -0.25) is 24.1 Å². The van der Waals surface area contributed by atoms with E-state index in [4.69, 9.17) is 0 Å². The molecule has 1 aliphatic heterocycles. The number of carbonyl (C=O) groups excluding carboxylic acids is 2. The Kier molecular flexibility index (Phi) is 4.96. The molecule has 0 radical (unpaired) electrons. The van der Waals surface area contributed by atoms with Crippen LogP contribution < -0.4 is 15.8 Å². The fourth-order valence-corrected chi connectivity index (χ4v) is 6.19. The number of nitrogens with one attached hydrogen (secondary N) is 1. The summed E-state index contributed by atoms with van der Waals surface area (Å²) in [5, 5.41) is 15.0. The second-order valence-corrected chi connectivity index (χ2v) is 9.37. The number of aromatic nitrogens is 1. The van der Waals surface area contributed by atoms with E-state index in [1.54, 1.807) is 11.9 Å². The van der Waals surface area contributed by atoms with Crippen LogP contribution in [-0.4, -0.2) is 45.8 Å². The molecule has 1 aromatic heterocycles. The van der Waals surface area contributed by atoms with Gasteiger partial charge in [0.2, 0.25) is 5.43 Å². The summed E-state index contributed by atoms with van der Waals surface area (Å²) in [4.78, 5) is 40.9. The molecule has 34 heavy (non-hydrogen) atoms. The van der Waals surface area contributed by atoms with Crippen molar-refractivity contribution < 1.29 is 23.5 Å². The molecule has 0 bridgehead atoms. The fourth-order valence-electron chi connectivity index (χ4n) is 6.19. The first kappa shape index (κ1) is 22.4. The zero-order chi connectivity index (χ0) is 24.5. The van der Waals surface area contributed by atoms with E-state index in [0.29, 0.717) is 24.4 Å². The van der Waals surface area contributed by atoms with Crippen molar-refractivity contribution in [1.82, 2.24) is 14.9 Å². The molecular weight excluding hydrogens is 446 g/mol. The normalized spacial score (nSPS) is 27.1. The number of benzene rings is 1. The van der Waals surface area contributed by atoms with E-state index in [2.05, 4.69) is 12.2 Å². The standard InChI is InChI=1S/C24H26F2N4O4/c1-4-29-23(34)19-21(32)20(31)16(22(33)27-10-13-5-6-14(25)9-17(13)26)11-30(19)28(3)24(29)8-7-15-12(2)18(15)24/h5-6,9,11-12,15,18,32H,4,7-8,10H2,1-3H3,(H,27,33)/t12-,15?,18?,24?/m0/s1. The molecule has 2 amide bonds. The van der Waals surface area contributed by atoms with Gasteiger partial charge in [0.1, 0.15) is 22.9 Å². The number of carbonyl (C=O) groups is 2. The van der Waals surface area contributed by atoms with Crippen molar-refractivity contribution in [3.05, 3.63) is 63.1 Å². The highest BCUT2D eigenvalue weighted by molar-refractivity contribution is 6.00. The van der Waals surface area contributed by atoms with Crippen molar-refractivity contribution in [3.63, 3.8) is 0 Å². The number of hydrogen-bond donors (Lipinski definition) is 2. The zero-order valence-electron chi connectivity index (χ0n) is 19.1. The zero-order valence-corrected chi connectivity index (χ0v) is 19.1. The van der Waals surface area contributed by atoms with E-state index >= 15 is 0 Å². The highest BCUT2D eigenvalue weighted by atomic mass is 19.1. The maximum absolute atomic E-state index is 13.9. The Morgan fingerprint density at radius 3 is 2.65 bits per heavy atom. The monoisotopic (exact) mass is 472 g/mol. The van der Waals surface area contributed by atoms with Crippen molar-refractivity contribution in [1.29, 1.82) is 0 Å². The highest BCUT2D eigenvalue weighted by Crippen LogP contribution is 2.65. The van der Waals surface area contributed by atoms with Gasteiger partial charge in [0.25, 0.3) is 11.8 Å². The molecule has 4 atom stereocenters. The predicted molar refractivity (Wildman–Crippen MR) is 119 cm³/mol. The molecule has 1 aromatic carbocycles.